The number of hydrogen-bond acceptors (Lipinski definition) is 6. The zero-order valence-corrected chi connectivity index (χ0v) is 20.5. The van der Waals surface area contributed by atoms with Gasteiger partial charge in [-0.15, -0.1) is 10.2 Å². The summed E-state index contributed by atoms with van der Waals surface area (Å²) >= 11 is 0. The molecule has 0 saturated carbocycles. The van der Waals surface area contributed by atoms with Crippen LogP contribution < -0.4 is 5.69 Å². The van der Waals surface area contributed by atoms with Gasteiger partial charge < -0.3 is 5.11 Å². The van der Waals surface area contributed by atoms with Crippen LogP contribution in [0.4, 0.5) is 0 Å². The van der Waals surface area contributed by atoms with Crippen molar-refractivity contribution >= 4 is 11.9 Å². The molecule has 0 radical (unpaired) electrons. The Hall–Kier alpha value is -5.12. The van der Waals surface area contributed by atoms with Crippen LogP contribution in [0, 0.1) is 0 Å². The van der Waals surface area contributed by atoms with Crippen molar-refractivity contribution < 1.29 is 14.7 Å². The number of H-pyrrole nitrogens is 1. The van der Waals surface area contributed by atoms with Gasteiger partial charge in [0.25, 0.3) is 5.91 Å². The minimum Gasteiger partial charge on any atom is -0.477 e. The van der Waals surface area contributed by atoms with Crippen LogP contribution in [0.3, 0.4) is 0 Å². The highest BCUT2D eigenvalue weighted by molar-refractivity contribution is 6.01. The Morgan fingerprint density at radius 1 is 0.947 bits per heavy atom. The zero-order chi connectivity index (χ0) is 26.6. The Labute approximate surface area is 217 Å². The predicted molar refractivity (Wildman–Crippen MR) is 140 cm³/mol. The van der Waals surface area contributed by atoms with Gasteiger partial charge in [-0.05, 0) is 46.5 Å². The Morgan fingerprint density at radius 2 is 1.66 bits per heavy atom. The normalized spacial score (nSPS) is 11.0. The topological polar surface area (TPSA) is 136 Å². The molecule has 0 aliphatic carbocycles. The molecule has 3 aromatic carbocycles. The van der Waals surface area contributed by atoms with E-state index in [4.69, 9.17) is 0 Å². The first-order chi connectivity index (χ1) is 18.5. The van der Waals surface area contributed by atoms with Gasteiger partial charge in [0.15, 0.2) is 5.69 Å². The summed E-state index contributed by atoms with van der Waals surface area (Å²) in [7, 11) is 0. The molecule has 5 rings (SSSR count). The number of hydrogen-bond donors (Lipinski definition) is 2. The van der Waals surface area contributed by atoms with E-state index in [0.29, 0.717) is 35.5 Å². The highest BCUT2D eigenvalue weighted by Crippen LogP contribution is 2.31. The summed E-state index contributed by atoms with van der Waals surface area (Å²) in [5, 5.41) is 24.5. The van der Waals surface area contributed by atoms with Crippen molar-refractivity contribution in [3.63, 3.8) is 0 Å². The summed E-state index contributed by atoms with van der Waals surface area (Å²) in [6.07, 6.45) is 0.899. The molecule has 0 unspecified atom stereocenters. The van der Waals surface area contributed by atoms with Crippen molar-refractivity contribution in [1.82, 2.24) is 29.8 Å². The smallest absolute Gasteiger partial charge is 0.354 e. The summed E-state index contributed by atoms with van der Waals surface area (Å²) in [6.45, 7) is 1.95. The number of carboxylic acids is 1. The van der Waals surface area contributed by atoms with E-state index >= 15 is 0 Å². The molecular formula is C28H24N6O4. The summed E-state index contributed by atoms with van der Waals surface area (Å²) in [5.74, 6) is -1.63. The number of nitrogens with zero attached hydrogens (tertiary/aromatic N) is 5. The highest BCUT2D eigenvalue weighted by Gasteiger charge is 2.29. The fourth-order valence-electron chi connectivity index (χ4n) is 4.56. The maximum Gasteiger partial charge on any atom is 0.354 e. The van der Waals surface area contributed by atoms with Crippen molar-refractivity contribution in [3.8, 4) is 22.5 Å². The molecule has 0 aliphatic rings. The number of carbonyl (C=O) groups is 2. The molecule has 38 heavy (non-hydrogen) atoms. The fourth-order valence-corrected chi connectivity index (χ4v) is 4.56. The van der Waals surface area contributed by atoms with Gasteiger partial charge in [-0.1, -0.05) is 74.0 Å². The third-order valence-electron chi connectivity index (χ3n) is 6.25. The molecule has 2 N–H and O–H groups in total. The number of aromatic amines is 1. The molecular weight excluding hydrogens is 484 g/mol. The lowest BCUT2D eigenvalue weighted by Gasteiger charge is -2.12. The standard InChI is InChI=1S/C28H24N6O4/c1-2-9-23-24(27(36)37)34(26(35)20-12-7-4-8-13-20)28(38)33(23)17-18-14-15-21(19-10-5-3-6-11-19)22(16-18)25-29-31-32-30-25/h3-8,10-16H,2,9,17H2,1H3,(H,36,37)(H,29,30,31,32). The molecule has 190 valence electrons. The Morgan fingerprint density at radius 3 is 2.29 bits per heavy atom. The lowest BCUT2D eigenvalue weighted by atomic mass is 9.97. The number of carbonyl (C=O) groups excluding carboxylic acids is 1. The van der Waals surface area contributed by atoms with Crippen molar-refractivity contribution in [2.24, 2.45) is 0 Å². The lowest BCUT2D eigenvalue weighted by Crippen LogP contribution is -2.31. The molecule has 0 spiro atoms. The molecule has 10 heteroatoms. The fraction of sp³-hybridized carbons (Fsp3) is 0.143. The molecule has 0 fully saturated rings. The summed E-state index contributed by atoms with van der Waals surface area (Å²) in [5.41, 5.74) is 2.75. The molecule has 0 saturated heterocycles. The highest BCUT2D eigenvalue weighted by atomic mass is 16.4. The predicted octanol–water partition coefficient (Wildman–Crippen LogP) is 3.88. The third-order valence-corrected chi connectivity index (χ3v) is 6.25. The van der Waals surface area contributed by atoms with E-state index in [-0.39, 0.29) is 17.8 Å². The van der Waals surface area contributed by atoms with Gasteiger partial charge in [-0.25, -0.2) is 14.2 Å². The minimum absolute atomic E-state index is 0.0590. The number of imidazole rings is 1. The molecule has 2 heterocycles. The van der Waals surface area contributed by atoms with Crippen LogP contribution in [-0.2, 0) is 13.0 Å². The van der Waals surface area contributed by atoms with Crippen molar-refractivity contribution in [2.45, 2.75) is 26.3 Å². The lowest BCUT2D eigenvalue weighted by molar-refractivity contribution is 0.0674. The van der Waals surface area contributed by atoms with Crippen molar-refractivity contribution in [3.05, 3.63) is 112 Å². The first-order valence-electron chi connectivity index (χ1n) is 12.1. The van der Waals surface area contributed by atoms with Crippen LogP contribution in [0.2, 0.25) is 0 Å². The minimum atomic E-state index is -1.33. The number of tetrazole rings is 1. The second-order valence-corrected chi connectivity index (χ2v) is 8.71. The van der Waals surface area contributed by atoms with Crippen LogP contribution in [-0.4, -0.2) is 46.7 Å². The number of aromatic nitrogens is 6. The van der Waals surface area contributed by atoms with Crippen molar-refractivity contribution in [2.75, 3.05) is 0 Å². The molecule has 0 amide bonds. The molecule has 0 atom stereocenters. The largest absolute Gasteiger partial charge is 0.477 e. The van der Waals surface area contributed by atoms with Crippen LogP contribution in [0.5, 0.6) is 0 Å². The van der Waals surface area contributed by atoms with Gasteiger partial charge in [0, 0.05) is 11.1 Å². The molecule has 5 aromatic rings. The van der Waals surface area contributed by atoms with E-state index in [0.717, 1.165) is 15.7 Å². The Balaban J connectivity index is 1.65. The first kappa shape index (κ1) is 24.6. The SMILES string of the molecule is CCCc1c(C(=O)O)n(C(=O)c2ccccc2)c(=O)n1Cc1ccc(-c2ccccc2)c(-c2nn[nH]n2)c1. The number of aromatic carboxylic acids is 1. The van der Waals surface area contributed by atoms with Gasteiger partial charge in [0.05, 0.1) is 12.2 Å². The van der Waals surface area contributed by atoms with Crippen molar-refractivity contribution in [1.29, 1.82) is 0 Å². The average Bonchev–Trinajstić information content (AvgIpc) is 3.57. The maximum atomic E-state index is 13.6. The number of benzene rings is 3. The Bertz CT molecular complexity index is 1660. The van der Waals surface area contributed by atoms with Gasteiger partial charge in [-0.2, -0.15) is 5.21 Å². The first-order valence-corrected chi connectivity index (χ1v) is 12.1. The Kier molecular flexibility index (Phi) is 6.77. The summed E-state index contributed by atoms with van der Waals surface area (Å²) < 4.78 is 2.13. The van der Waals surface area contributed by atoms with E-state index in [9.17, 15) is 19.5 Å². The summed E-state index contributed by atoms with van der Waals surface area (Å²) in [6, 6.07) is 23.5. The van der Waals surface area contributed by atoms with Gasteiger partial charge in [0.2, 0.25) is 5.82 Å². The second-order valence-electron chi connectivity index (χ2n) is 8.71. The van der Waals surface area contributed by atoms with E-state index < -0.39 is 17.6 Å². The van der Waals surface area contributed by atoms with E-state index in [2.05, 4.69) is 20.6 Å². The number of nitrogens with one attached hydrogen (secondary N) is 1. The quantitative estimate of drug-likeness (QED) is 0.325. The number of rotatable bonds is 8. The molecule has 0 bridgehead atoms. The average molecular weight is 509 g/mol. The van der Waals surface area contributed by atoms with Crippen LogP contribution in [0.25, 0.3) is 22.5 Å². The van der Waals surface area contributed by atoms with E-state index in [1.54, 1.807) is 30.3 Å². The van der Waals surface area contributed by atoms with Crippen LogP contribution in [0.1, 0.15) is 45.4 Å². The molecule has 2 aromatic heterocycles. The molecule has 0 aliphatic heterocycles. The number of carboxylic acid groups (broad SMARTS) is 1. The third kappa shape index (κ3) is 4.55. The molecule has 10 nitrogen and oxygen atoms in total. The van der Waals surface area contributed by atoms with Crippen LogP contribution in [0.15, 0.2) is 83.7 Å². The van der Waals surface area contributed by atoms with E-state index in [1.165, 1.54) is 4.57 Å². The van der Waals surface area contributed by atoms with Gasteiger partial charge >= 0.3 is 11.7 Å². The summed E-state index contributed by atoms with van der Waals surface area (Å²) in [4.78, 5) is 39.2. The second kappa shape index (κ2) is 10.5. The van der Waals surface area contributed by atoms with E-state index in [1.807, 2.05) is 55.5 Å². The van der Waals surface area contributed by atoms with Crippen LogP contribution >= 0.6 is 0 Å². The van der Waals surface area contributed by atoms with Gasteiger partial charge in [0.1, 0.15) is 0 Å². The zero-order valence-electron chi connectivity index (χ0n) is 20.5. The monoisotopic (exact) mass is 508 g/mol. The maximum absolute atomic E-state index is 13.6. The van der Waals surface area contributed by atoms with Gasteiger partial charge in [-0.3, -0.25) is 9.36 Å².